The molecule has 0 radical (unpaired) electrons. The van der Waals surface area contributed by atoms with Crippen LogP contribution in [0.25, 0.3) is 0 Å². The van der Waals surface area contributed by atoms with Crippen molar-refractivity contribution >= 4 is 11.8 Å². The van der Waals surface area contributed by atoms with Crippen molar-refractivity contribution < 1.29 is 9.59 Å². The Balaban J connectivity index is 1.56. The summed E-state index contributed by atoms with van der Waals surface area (Å²) in [5.74, 6) is -0.113. The summed E-state index contributed by atoms with van der Waals surface area (Å²) in [6.07, 6.45) is 5.02. The Bertz CT molecular complexity index is 694. The highest BCUT2D eigenvalue weighted by Crippen LogP contribution is 2.19. The van der Waals surface area contributed by atoms with Gasteiger partial charge in [-0.1, -0.05) is 29.8 Å². The number of nitrogens with one attached hydrogen (secondary N) is 2. The number of imidazole rings is 1. The third kappa shape index (κ3) is 3.82. The molecule has 0 spiro atoms. The van der Waals surface area contributed by atoms with Crippen molar-refractivity contribution in [1.29, 1.82) is 0 Å². The molecule has 2 amide bonds. The first-order valence-corrected chi connectivity index (χ1v) is 8.23. The van der Waals surface area contributed by atoms with Gasteiger partial charge in [0.1, 0.15) is 6.04 Å². The van der Waals surface area contributed by atoms with Crippen LogP contribution in [0.1, 0.15) is 29.7 Å². The smallest absolute Gasteiger partial charge is 0.243 e. The van der Waals surface area contributed by atoms with Gasteiger partial charge in [0.05, 0.1) is 12.7 Å². The van der Waals surface area contributed by atoms with Crippen LogP contribution < -0.4 is 5.32 Å². The number of rotatable bonds is 5. The zero-order valence-corrected chi connectivity index (χ0v) is 13.8. The third-order valence-corrected chi connectivity index (χ3v) is 4.36. The standard InChI is InChI=1S/C18H22N4O2/c1-13-4-6-14(7-5-13)10-20-18(24)16-3-2-8-22(16)17(23)9-15-11-19-12-21-15/h4-7,11-12,16H,2-3,8-10H2,1H3,(H,19,21)(H,20,24). The van der Waals surface area contributed by atoms with Gasteiger partial charge in [0.2, 0.25) is 11.8 Å². The van der Waals surface area contributed by atoms with Gasteiger partial charge >= 0.3 is 0 Å². The van der Waals surface area contributed by atoms with Crippen LogP contribution in [0.15, 0.2) is 36.8 Å². The molecule has 2 aromatic rings. The van der Waals surface area contributed by atoms with E-state index in [4.69, 9.17) is 0 Å². The topological polar surface area (TPSA) is 78.1 Å². The third-order valence-electron chi connectivity index (χ3n) is 4.36. The molecule has 6 heteroatoms. The predicted molar refractivity (Wildman–Crippen MR) is 90.1 cm³/mol. The van der Waals surface area contributed by atoms with E-state index in [1.807, 2.05) is 31.2 Å². The Morgan fingerprint density at radius 2 is 2.12 bits per heavy atom. The minimum atomic E-state index is -0.370. The first-order chi connectivity index (χ1) is 11.6. The molecule has 0 bridgehead atoms. The fourth-order valence-electron chi connectivity index (χ4n) is 3.00. The number of amides is 2. The second-order valence-electron chi connectivity index (χ2n) is 6.20. The summed E-state index contributed by atoms with van der Waals surface area (Å²) in [7, 11) is 0. The van der Waals surface area contributed by atoms with Crippen LogP contribution in [0.4, 0.5) is 0 Å². The van der Waals surface area contributed by atoms with Gasteiger partial charge in [0, 0.05) is 25.0 Å². The number of carbonyl (C=O) groups excluding carboxylic acids is 2. The SMILES string of the molecule is Cc1ccc(CNC(=O)C2CCCN2C(=O)Cc2cnc[nH]2)cc1. The van der Waals surface area contributed by atoms with Crippen molar-refractivity contribution in [2.75, 3.05) is 6.54 Å². The zero-order chi connectivity index (χ0) is 16.9. The van der Waals surface area contributed by atoms with E-state index in [0.29, 0.717) is 19.5 Å². The molecule has 1 aromatic carbocycles. The molecular formula is C18H22N4O2. The van der Waals surface area contributed by atoms with Crippen LogP contribution in [-0.4, -0.2) is 39.3 Å². The Morgan fingerprint density at radius 1 is 1.33 bits per heavy atom. The number of likely N-dealkylation sites (tertiary alicyclic amines) is 1. The van der Waals surface area contributed by atoms with Crippen molar-refractivity contribution in [2.45, 2.75) is 38.8 Å². The number of aromatic nitrogens is 2. The van der Waals surface area contributed by atoms with Gasteiger partial charge in [-0.25, -0.2) is 4.98 Å². The molecule has 2 N–H and O–H groups in total. The van der Waals surface area contributed by atoms with Gasteiger partial charge in [-0.15, -0.1) is 0 Å². The molecule has 1 atom stereocenters. The van der Waals surface area contributed by atoms with Gasteiger partial charge in [-0.2, -0.15) is 0 Å². The number of aryl methyl sites for hydroxylation is 1. The van der Waals surface area contributed by atoms with E-state index >= 15 is 0 Å². The number of H-pyrrole nitrogens is 1. The number of hydrogen-bond acceptors (Lipinski definition) is 3. The van der Waals surface area contributed by atoms with Gasteiger partial charge in [-0.3, -0.25) is 9.59 Å². The lowest BCUT2D eigenvalue weighted by Gasteiger charge is -2.24. The second-order valence-corrected chi connectivity index (χ2v) is 6.20. The van der Waals surface area contributed by atoms with E-state index in [2.05, 4.69) is 15.3 Å². The monoisotopic (exact) mass is 326 g/mol. The van der Waals surface area contributed by atoms with E-state index in [9.17, 15) is 9.59 Å². The summed E-state index contributed by atoms with van der Waals surface area (Å²) in [5, 5.41) is 2.95. The Morgan fingerprint density at radius 3 is 2.83 bits per heavy atom. The predicted octanol–water partition coefficient (Wildman–Crippen LogP) is 1.57. The van der Waals surface area contributed by atoms with Crippen LogP contribution >= 0.6 is 0 Å². The minimum Gasteiger partial charge on any atom is -0.350 e. The highest BCUT2D eigenvalue weighted by Gasteiger charge is 2.33. The lowest BCUT2D eigenvalue weighted by molar-refractivity contribution is -0.138. The summed E-state index contributed by atoms with van der Waals surface area (Å²) < 4.78 is 0. The minimum absolute atomic E-state index is 0.0350. The van der Waals surface area contributed by atoms with E-state index < -0.39 is 0 Å². The second kappa shape index (κ2) is 7.29. The quantitative estimate of drug-likeness (QED) is 0.875. The van der Waals surface area contributed by atoms with Gasteiger partial charge < -0.3 is 15.2 Å². The molecule has 0 saturated carbocycles. The van der Waals surface area contributed by atoms with Gasteiger partial charge in [-0.05, 0) is 25.3 Å². The average Bonchev–Trinajstić information content (AvgIpc) is 3.25. The molecule has 0 aliphatic carbocycles. The number of carbonyl (C=O) groups is 2. The summed E-state index contributed by atoms with van der Waals surface area (Å²) in [4.78, 5) is 33.4. The largest absolute Gasteiger partial charge is 0.350 e. The molecule has 1 aromatic heterocycles. The number of hydrogen-bond donors (Lipinski definition) is 2. The number of aromatic amines is 1. The van der Waals surface area contributed by atoms with Crippen molar-refractivity contribution in [3.05, 3.63) is 53.6 Å². The van der Waals surface area contributed by atoms with E-state index in [1.165, 1.54) is 5.56 Å². The molecule has 2 heterocycles. The van der Waals surface area contributed by atoms with Crippen LogP contribution in [0.3, 0.4) is 0 Å². The highest BCUT2D eigenvalue weighted by atomic mass is 16.2. The molecule has 6 nitrogen and oxygen atoms in total. The maximum absolute atomic E-state index is 12.5. The summed E-state index contributed by atoms with van der Waals surface area (Å²) in [6.45, 7) is 3.15. The fourth-order valence-corrected chi connectivity index (χ4v) is 3.00. The van der Waals surface area contributed by atoms with Crippen molar-refractivity contribution in [2.24, 2.45) is 0 Å². The van der Waals surface area contributed by atoms with Crippen LogP contribution in [0.2, 0.25) is 0 Å². The fraction of sp³-hybridized carbons (Fsp3) is 0.389. The molecule has 1 aliphatic rings. The first-order valence-electron chi connectivity index (χ1n) is 8.23. The molecule has 24 heavy (non-hydrogen) atoms. The molecule has 1 unspecified atom stereocenters. The molecular weight excluding hydrogens is 304 g/mol. The molecule has 3 rings (SSSR count). The summed E-state index contributed by atoms with van der Waals surface area (Å²) in [5.41, 5.74) is 3.02. The number of benzene rings is 1. The van der Waals surface area contributed by atoms with Crippen LogP contribution in [0, 0.1) is 6.92 Å². The number of nitrogens with zero attached hydrogens (tertiary/aromatic N) is 2. The first kappa shape index (κ1) is 16.2. The Labute approximate surface area is 141 Å². The normalized spacial score (nSPS) is 17.0. The van der Waals surface area contributed by atoms with Gasteiger partial charge in [0.25, 0.3) is 0 Å². The zero-order valence-electron chi connectivity index (χ0n) is 13.8. The molecule has 1 saturated heterocycles. The highest BCUT2D eigenvalue weighted by molar-refractivity contribution is 5.88. The van der Waals surface area contributed by atoms with E-state index in [-0.39, 0.29) is 24.3 Å². The maximum Gasteiger partial charge on any atom is 0.243 e. The Hall–Kier alpha value is -2.63. The summed E-state index contributed by atoms with van der Waals surface area (Å²) in [6, 6.07) is 7.69. The van der Waals surface area contributed by atoms with Crippen molar-refractivity contribution in [1.82, 2.24) is 20.2 Å². The van der Waals surface area contributed by atoms with Gasteiger partial charge in [0.15, 0.2) is 0 Å². The van der Waals surface area contributed by atoms with Crippen LogP contribution in [-0.2, 0) is 22.6 Å². The Kier molecular flexibility index (Phi) is 4.93. The molecule has 1 fully saturated rings. The van der Waals surface area contributed by atoms with Crippen LogP contribution in [0.5, 0.6) is 0 Å². The van der Waals surface area contributed by atoms with E-state index in [1.54, 1.807) is 17.4 Å². The lowest BCUT2D eigenvalue weighted by Crippen LogP contribution is -2.46. The van der Waals surface area contributed by atoms with Crippen molar-refractivity contribution in [3.8, 4) is 0 Å². The lowest BCUT2D eigenvalue weighted by atomic mass is 10.1. The molecule has 126 valence electrons. The average molecular weight is 326 g/mol. The maximum atomic E-state index is 12.5. The van der Waals surface area contributed by atoms with E-state index in [0.717, 1.165) is 17.7 Å². The van der Waals surface area contributed by atoms with Crippen molar-refractivity contribution in [3.63, 3.8) is 0 Å². The summed E-state index contributed by atoms with van der Waals surface area (Å²) >= 11 is 0. The molecule has 1 aliphatic heterocycles.